The van der Waals surface area contributed by atoms with Crippen LogP contribution in [0.4, 0.5) is 13.2 Å². The Balaban J connectivity index is 2.54. The van der Waals surface area contributed by atoms with Crippen LogP contribution in [0.15, 0.2) is 0 Å². The van der Waals surface area contributed by atoms with Crippen LogP contribution >= 0.6 is 0 Å². The Hall–Kier alpha value is -0.780. The summed E-state index contributed by atoms with van der Waals surface area (Å²) in [6.45, 7) is 0.425. The lowest BCUT2D eigenvalue weighted by Gasteiger charge is -2.26. The summed E-state index contributed by atoms with van der Waals surface area (Å²) in [6, 6.07) is 0. The second-order valence-electron chi connectivity index (χ2n) is 3.66. The molecule has 15 heavy (non-hydrogen) atoms. The smallest absolute Gasteiger partial charge is 0.402 e. The van der Waals surface area contributed by atoms with Gasteiger partial charge in [0.1, 0.15) is 0 Å². The number of rotatable bonds is 3. The third-order valence-corrected chi connectivity index (χ3v) is 2.47. The minimum Gasteiger partial charge on any atom is -0.481 e. The van der Waals surface area contributed by atoms with E-state index < -0.39 is 30.6 Å². The number of ether oxygens (including phenoxy) is 1. The summed E-state index contributed by atoms with van der Waals surface area (Å²) < 4.78 is 42.0. The summed E-state index contributed by atoms with van der Waals surface area (Å²) in [4.78, 5) is 10.4. The van der Waals surface area contributed by atoms with Crippen LogP contribution in [0.25, 0.3) is 0 Å². The minimum atomic E-state index is -4.69. The van der Waals surface area contributed by atoms with E-state index in [0.717, 1.165) is 12.8 Å². The zero-order chi connectivity index (χ0) is 11.5. The van der Waals surface area contributed by atoms with Gasteiger partial charge in [-0.2, -0.15) is 13.2 Å². The molecule has 2 atom stereocenters. The number of halogens is 3. The van der Waals surface area contributed by atoms with E-state index in [2.05, 4.69) is 0 Å². The van der Waals surface area contributed by atoms with Crippen molar-refractivity contribution in [3.8, 4) is 0 Å². The van der Waals surface area contributed by atoms with Gasteiger partial charge < -0.3 is 9.84 Å². The summed E-state index contributed by atoms with van der Waals surface area (Å²) in [5, 5.41) is 8.46. The number of carbonyl (C=O) groups is 1. The molecule has 88 valence electrons. The van der Waals surface area contributed by atoms with Gasteiger partial charge in [-0.1, -0.05) is 0 Å². The van der Waals surface area contributed by atoms with Crippen LogP contribution in [0, 0.1) is 5.92 Å². The lowest BCUT2D eigenvalue weighted by molar-refractivity contribution is -0.200. The molecule has 1 heterocycles. The van der Waals surface area contributed by atoms with E-state index in [-0.39, 0.29) is 0 Å². The molecule has 0 aliphatic carbocycles. The SMILES string of the molecule is O=C(O)[C@H](C[C@H]1CCCCO1)C(F)(F)F. The topological polar surface area (TPSA) is 46.5 Å². The van der Waals surface area contributed by atoms with E-state index in [1.165, 1.54) is 0 Å². The van der Waals surface area contributed by atoms with Gasteiger partial charge in [0.05, 0.1) is 6.10 Å². The molecule has 3 nitrogen and oxygen atoms in total. The molecule has 0 unspecified atom stereocenters. The molecular formula is C9H13F3O3. The first-order valence-corrected chi connectivity index (χ1v) is 4.82. The fourth-order valence-corrected chi connectivity index (χ4v) is 1.63. The molecular weight excluding hydrogens is 213 g/mol. The quantitative estimate of drug-likeness (QED) is 0.802. The highest BCUT2D eigenvalue weighted by atomic mass is 19.4. The predicted octanol–water partition coefficient (Wildman–Crippen LogP) is 2.21. The summed E-state index contributed by atoms with van der Waals surface area (Å²) in [7, 11) is 0. The second-order valence-corrected chi connectivity index (χ2v) is 3.66. The number of alkyl halides is 3. The van der Waals surface area contributed by atoms with Gasteiger partial charge in [-0.25, -0.2) is 0 Å². The van der Waals surface area contributed by atoms with Crippen LogP contribution in [-0.4, -0.2) is 30.0 Å². The van der Waals surface area contributed by atoms with Crippen molar-refractivity contribution >= 4 is 5.97 Å². The molecule has 1 fully saturated rings. The van der Waals surface area contributed by atoms with Crippen molar-refractivity contribution in [2.24, 2.45) is 5.92 Å². The van der Waals surface area contributed by atoms with Crippen LogP contribution in [0.2, 0.25) is 0 Å². The van der Waals surface area contributed by atoms with Crippen LogP contribution < -0.4 is 0 Å². The Kier molecular flexibility index (Phi) is 3.96. The maximum atomic E-state index is 12.3. The van der Waals surface area contributed by atoms with Gasteiger partial charge in [-0.3, -0.25) is 4.79 Å². The monoisotopic (exact) mass is 226 g/mol. The fourth-order valence-electron chi connectivity index (χ4n) is 1.63. The first-order valence-electron chi connectivity index (χ1n) is 4.82. The van der Waals surface area contributed by atoms with Crippen molar-refractivity contribution in [2.75, 3.05) is 6.61 Å². The van der Waals surface area contributed by atoms with Gasteiger partial charge in [0.25, 0.3) is 0 Å². The molecule has 6 heteroatoms. The normalized spacial score (nSPS) is 24.9. The van der Waals surface area contributed by atoms with Crippen molar-refractivity contribution in [3.63, 3.8) is 0 Å². The molecule has 0 aromatic carbocycles. The summed E-state index contributed by atoms with van der Waals surface area (Å²) in [5.41, 5.74) is 0. The third kappa shape index (κ3) is 3.70. The van der Waals surface area contributed by atoms with Gasteiger partial charge in [0, 0.05) is 6.61 Å². The zero-order valence-corrected chi connectivity index (χ0v) is 8.09. The van der Waals surface area contributed by atoms with Gasteiger partial charge >= 0.3 is 12.1 Å². The summed E-state index contributed by atoms with van der Waals surface area (Å²) in [5.74, 6) is -4.13. The highest BCUT2D eigenvalue weighted by molar-refractivity contribution is 5.70. The number of aliphatic carboxylic acids is 1. The molecule has 1 N–H and O–H groups in total. The number of hydrogen-bond acceptors (Lipinski definition) is 2. The van der Waals surface area contributed by atoms with E-state index in [4.69, 9.17) is 9.84 Å². The largest absolute Gasteiger partial charge is 0.481 e. The molecule has 0 aromatic rings. The Labute approximate surface area is 85.2 Å². The van der Waals surface area contributed by atoms with Crippen molar-refractivity contribution in [2.45, 2.75) is 38.0 Å². The van der Waals surface area contributed by atoms with Gasteiger partial charge in [0.2, 0.25) is 0 Å². The Morgan fingerprint density at radius 3 is 2.53 bits per heavy atom. The molecule has 0 bridgehead atoms. The van der Waals surface area contributed by atoms with Crippen molar-refractivity contribution < 1.29 is 27.8 Å². The highest BCUT2D eigenvalue weighted by Crippen LogP contribution is 2.32. The Morgan fingerprint density at radius 1 is 1.47 bits per heavy atom. The maximum absolute atomic E-state index is 12.3. The predicted molar refractivity (Wildman–Crippen MR) is 45.4 cm³/mol. The van der Waals surface area contributed by atoms with E-state index in [1.807, 2.05) is 0 Å². The van der Waals surface area contributed by atoms with Gasteiger partial charge in [0.15, 0.2) is 5.92 Å². The van der Waals surface area contributed by atoms with Crippen molar-refractivity contribution in [1.82, 2.24) is 0 Å². The minimum absolute atomic E-state index is 0.425. The van der Waals surface area contributed by atoms with E-state index in [9.17, 15) is 18.0 Å². The van der Waals surface area contributed by atoms with Crippen LogP contribution in [0.3, 0.4) is 0 Å². The van der Waals surface area contributed by atoms with E-state index >= 15 is 0 Å². The molecule has 0 saturated carbocycles. The van der Waals surface area contributed by atoms with E-state index in [1.54, 1.807) is 0 Å². The van der Waals surface area contributed by atoms with E-state index in [0.29, 0.717) is 13.0 Å². The second kappa shape index (κ2) is 4.83. The molecule has 0 spiro atoms. The summed E-state index contributed by atoms with van der Waals surface area (Å²) >= 11 is 0. The lowest BCUT2D eigenvalue weighted by Crippen LogP contribution is -2.35. The molecule has 0 radical (unpaired) electrons. The molecule has 1 aliphatic rings. The van der Waals surface area contributed by atoms with Gasteiger partial charge in [-0.05, 0) is 25.7 Å². The Morgan fingerprint density at radius 2 is 2.13 bits per heavy atom. The molecule has 1 saturated heterocycles. The molecule has 0 amide bonds. The first kappa shape index (κ1) is 12.3. The van der Waals surface area contributed by atoms with Crippen molar-refractivity contribution in [1.29, 1.82) is 0 Å². The number of carboxylic acid groups (broad SMARTS) is 1. The van der Waals surface area contributed by atoms with Crippen LogP contribution in [-0.2, 0) is 9.53 Å². The average Bonchev–Trinajstić information content (AvgIpc) is 2.13. The third-order valence-electron chi connectivity index (χ3n) is 2.47. The fraction of sp³-hybridized carbons (Fsp3) is 0.889. The van der Waals surface area contributed by atoms with Crippen molar-refractivity contribution in [3.05, 3.63) is 0 Å². The average molecular weight is 226 g/mol. The molecule has 1 rings (SSSR count). The summed E-state index contributed by atoms with van der Waals surface area (Å²) in [6.07, 6.45) is -3.58. The first-order chi connectivity index (χ1) is 6.91. The van der Waals surface area contributed by atoms with Gasteiger partial charge in [-0.15, -0.1) is 0 Å². The number of hydrogen-bond donors (Lipinski definition) is 1. The highest BCUT2D eigenvalue weighted by Gasteiger charge is 2.46. The maximum Gasteiger partial charge on any atom is 0.402 e. The molecule has 0 aromatic heterocycles. The standard InChI is InChI=1S/C9H13F3O3/c10-9(11,12)7(8(13)14)5-6-3-1-2-4-15-6/h6-7H,1-5H2,(H,13,14)/t6-,7+/m1/s1. The van der Waals surface area contributed by atoms with Crippen LogP contribution in [0.5, 0.6) is 0 Å². The zero-order valence-electron chi connectivity index (χ0n) is 8.09. The number of carboxylic acids is 1. The lowest BCUT2D eigenvalue weighted by atomic mass is 9.96. The molecule has 1 aliphatic heterocycles. The van der Waals surface area contributed by atoms with Crippen LogP contribution in [0.1, 0.15) is 25.7 Å². The Bertz CT molecular complexity index is 221.